The summed E-state index contributed by atoms with van der Waals surface area (Å²) in [6.07, 6.45) is 80.9. The van der Waals surface area contributed by atoms with Crippen molar-refractivity contribution in [3.63, 3.8) is 0 Å². The minimum atomic E-state index is -0.764. The molecule has 0 amide bonds. The predicted molar refractivity (Wildman–Crippen MR) is 335 cm³/mol. The first kappa shape index (κ1) is 74.9. The molecule has 0 aliphatic carbocycles. The number of ether oxygens (including phenoxy) is 3. The lowest BCUT2D eigenvalue weighted by atomic mass is 10.0. The fraction of sp³-hybridized carbons (Fsp3) is 0.901. The fourth-order valence-electron chi connectivity index (χ4n) is 10.7. The second-order valence-corrected chi connectivity index (χ2v) is 23.8. The third kappa shape index (κ3) is 64.6. The molecule has 0 N–H and O–H groups in total. The van der Waals surface area contributed by atoms with E-state index in [2.05, 4.69) is 45.1 Å². The molecule has 0 fully saturated rings. The first-order chi connectivity index (χ1) is 38.0. The zero-order valence-corrected chi connectivity index (χ0v) is 52.3. The maximum Gasteiger partial charge on any atom is 0.306 e. The zero-order chi connectivity index (χ0) is 55.7. The van der Waals surface area contributed by atoms with Crippen molar-refractivity contribution in [1.82, 2.24) is 0 Å². The highest BCUT2D eigenvalue weighted by Gasteiger charge is 2.19. The van der Waals surface area contributed by atoms with E-state index in [1.807, 2.05) is 0 Å². The van der Waals surface area contributed by atoms with Crippen molar-refractivity contribution in [3.05, 3.63) is 24.3 Å². The second kappa shape index (κ2) is 66.4. The van der Waals surface area contributed by atoms with E-state index < -0.39 is 6.10 Å². The highest BCUT2D eigenvalue weighted by atomic mass is 16.6. The largest absolute Gasteiger partial charge is 0.462 e. The third-order valence-corrected chi connectivity index (χ3v) is 16.0. The fourth-order valence-corrected chi connectivity index (χ4v) is 10.7. The van der Waals surface area contributed by atoms with Crippen LogP contribution in [0.3, 0.4) is 0 Å². The van der Waals surface area contributed by atoms with Gasteiger partial charge < -0.3 is 14.2 Å². The SMILES string of the molecule is CCCCCCC/C=C\C/C=C\CCCCCCCCCCCCCCCCCCCCCCCC(=O)OCC(COC(=O)CCCCCCCCCCC)OC(=O)CCCCCCCCCCCCCCCCCCC. The number of allylic oxidation sites excluding steroid dienone is 4. The molecule has 6 heteroatoms. The van der Waals surface area contributed by atoms with E-state index in [1.54, 1.807) is 0 Å². The summed E-state index contributed by atoms with van der Waals surface area (Å²) in [4.78, 5) is 38.2. The third-order valence-electron chi connectivity index (χ3n) is 16.0. The van der Waals surface area contributed by atoms with Gasteiger partial charge in [-0.3, -0.25) is 14.4 Å². The van der Waals surface area contributed by atoms with Gasteiger partial charge in [0.1, 0.15) is 13.2 Å². The summed E-state index contributed by atoms with van der Waals surface area (Å²) in [5.74, 6) is -0.836. The van der Waals surface area contributed by atoms with Gasteiger partial charge in [-0.25, -0.2) is 0 Å². The maximum atomic E-state index is 12.9. The van der Waals surface area contributed by atoms with E-state index in [4.69, 9.17) is 14.2 Å². The molecule has 6 nitrogen and oxygen atoms in total. The number of carbonyl (C=O) groups is 3. The molecule has 0 bridgehead atoms. The topological polar surface area (TPSA) is 78.9 Å². The summed E-state index contributed by atoms with van der Waals surface area (Å²) < 4.78 is 16.9. The van der Waals surface area contributed by atoms with Crippen LogP contribution >= 0.6 is 0 Å². The maximum absolute atomic E-state index is 12.9. The Morgan fingerprint density at radius 3 is 0.714 bits per heavy atom. The number of rotatable bonds is 65. The molecule has 454 valence electrons. The average molecular weight is 1080 g/mol. The summed E-state index contributed by atoms with van der Waals surface area (Å²) in [7, 11) is 0. The summed E-state index contributed by atoms with van der Waals surface area (Å²) in [5.41, 5.74) is 0. The Morgan fingerprint density at radius 2 is 0.468 bits per heavy atom. The summed E-state index contributed by atoms with van der Waals surface area (Å²) in [6, 6.07) is 0. The summed E-state index contributed by atoms with van der Waals surface area (Å²) >= 11 is 0. The number of hydrogen-bond acceptors (Lipinski definition) is 6. The van der Waals surface area contributed by atoms with Gasteiger partial charge in [0.05, 0.1) is 0 Å². The van der Waals surface area contributed by atoms with Gasteiger partial charge in [-0.05, 0) is 51.4 Å². The van der Waals surface area contributed by atoms with Crippen LogP contribution in [0.25, 0.3) is 0 Å². The first-order valence-corrected chi connectivity index (χ1v) is 34.8. The van der Waals surface area contributed by atoms with Crippen LogP contribution in [0.5, 0.6) is 0 Å². The van der Waals surface area contributed by atoms with Crippen LogP contribution in [0.2, 0.25) is 0 Å². The predicted octanol–water partition coefficient (Wildman–Crippen LogP) is 23.8. The van der Waals surface area contributed by atoms with Crippen molar-refractivity contribution >= 4 is 17.9 Å². The van der Waals surface area contributed by atoms with E-state index in [0.29, 0.717) is 19.3 Å². The molecular weight excluding hydrogens is 949 g/mol. The number of unbranched alkanes of at least 4 members (excludes halogenated alkanes) is 50. The van der Waals surface area contributed by atoms with E-state index in [-0.39, 0.29) is 31.1 Å². The van der Waals surface area contributed by atoms with Crippen LogP contribution in [-0.4, -0.2) is 37.2 Å². The minimum absolute atomic E-state index is 0.0633. The van der Waals surface area contributed by atoms with Gasteiger partial charge in [0.25, 0.3) is 0 Å². The average Bonchev–Trinajstić information content (AvgIpc) is 3.43. The van der Waals surface area contributed by atoms with Crippen molar-refractivity contribution < 1.29 is 28.6 Å². The number of carbonyl (C=O) groups excluding carboxylic acids is 3. The van der Waals surface area contributed by atoms with E-state index in [0.717, 1.165) is 64.2 Å². The van der Waals surface area contributed by atoms with Crippen molar-refractivity contribution in [2.24, 2.45) is 0 Å². The molecule has 0 spiro atoms. The Hall–Kier alpha value is -2.11. The van der Waals surface area contributed by atoms with Crippen LogP contribution in [0, 0.1) is 0 Å². The summed E-state index contributed by atoms with van der Waals surface area (Å²) in [6.45, 7) is 6.68. The number of hydrogen-bond donors (Lipinski definition) is 0. The Balaban J connectivity index is 4.00. The van der Waals surface area contributed by atoms with Crippen molar-refractivity contribution in [2.45, 2.75) is 399 Å². The van der Waals surface area contributed by atoms with Crippen molar-refractivity contribution in [3.8, 4) is 0 Å². The molecule has 0 radical (unpaired) electrons. The van der Waals surface area contributed by atoms with Gasteiger partial charge in [-0.15, -0.1) is 0 Å². The van der Waals surface area contributed by atoms with Crippen molar-refractivity contribution in [1.29, 1.82) is 0 Å². The smallest absolute Gasteiger partial charge is 0.306 e. The van der Waals surface area contributed by atoms with Crippen LogP contribution < -0.4 is 0 Å². The number of esters is 3. The van der Waals surface area contributed by atoms with Crippen LogP contribution in [-0.2, 0) is 28.6 Å². The molecule has 0 saturated heterocycles. The summed E-state index contributed by atoms with van der Waals surface area (Å²) in [5, 5.41) is 0. The lowest BCUT2D eigenvalue weighted by molar-refractivity contribution is -0.167. The molecule has 0 aromatic carbocycles. The van der Waals surface area contributed by atoms with Crippen molar-refractivity contribution in [2.75, 3.05) is 13.2 Å². The Bertz CT molecular complexity index is 1240. The first-order valence-electron chi connectivity index (χ1n) is 34.8. The van der Waals surface area contributed by atoms with Gasteiger partial charge in [-0.2, -0.15) is 0 Å². The minimum Gasteiger partial charge on any atom is -0.462 e. The van der Waals surface area contributed by atoms with Gasteiger partial charge >= 0.3 is 17.9 Å². The molecule has 0 aliphatic rings. The Kier molecular flexibility index (Phi) is 64.6. The van der Waals surface area contributed by atoms with Crippen LogP contribution in [0.15, 0.2) is 24.3 Å². The zero-order valence-electron chi connectivity index (χ0n) is 52.3. The highest BCUT2D eigenvalue weighted by Crippen LogP contribution is 2.19. The molecule has 1 unspecified atom stereocenters. The second-order valence-electron chi connectivity index (χ2n) is 23.8. The Labute approximate surface area is 481 Å². The van der Waals surface area contributed by atoms with E-state index >= 15 is 0 Å². The van der Waals surface area contributed by atoms with Crippen LogP contribution in [0.1, 0.15) is 393 Å². The molecule has 0 aromatic rings. The van der Waals surface area contributed by atoms with E-state index in [1.165, 1.54) is 289 Å². The van der Waals surface area contributed by atoms with Gasteiger partial charge in [-0.1, -0.05) is 347 Å². The molecule has 77 heavy (non-hydrogen) atoms. The molecule has 0 aliphatic heterocycles. The monoisotopic (exact) mass is 1080 g/mol. The van der Waals surface area contributed by atoms with E-state index in [9.17, 15) is 14.4 Å². The van der Waals surface area contributed by atoms with Gasteiger partial charge in [0, 0.05) is 19.3 Å². The van der Waals surface area contributed by atoms with Crippen LogP contribution in [0.4, 0.5) is 0 Å². The molecule has 0 rings (SSSR count). The molecule has 0 heterocycles. The lowest BCUT2D eigenvalue weighted by Crippen LogP contribution is -2.30. The normalized spacial score (nSPS) is 12.1. The molecule has 0 saturated carbocycles. The standard InChI is InChI=1S/C71H134O6/c1-4-7-10-13-16-19-21-23-25-27-28-29-30-31-32-33-34-35-36-37-38-39-40-41-42-44-45-47-49-52-55-58-61-64-70(73)76-67-68(66-75-69(72)63-60-57-54-51-18-15-12-9-6-3)77-71(74)65-62-59-56-53-50-48-46-43-26-24-22-20-17-14-11-8-5-2/h21,23,27-28,68H,4-20,22,24-26,29-67H2,1-3H3/b23-21-,28-27-. The molecular formula is C71H134O6. The quantitative estimate of drug-likeness (QED) is 0.0261. The lowest BCUT2D eigenvalue weighted by Gasteiger charge is -2.18. The van der Waals surface area contributed by atoms with Gasteiger partial charge in [0.15, 0.2) is 6.10 Å². The Morgan fingerprint density at radius 1 is 0.260 bits per heavy atom. The molecule has 1 atom stereocenters. The molecule has 0 aromatic heterocycles. The highest BCUT2D eigenvalue weighted by molar-refractivity contribution is 5.71. The van der Waals surface area contributed by atoms with Gasteiger partial charge in [0.2, 0.25) is 0 Å².